The molecule has 0 saturated heterocycles. The van der Waals surface area contributed by atoms with Gasteiger partial charge in [-0.25, -0.2) is 0 Å². The minimum atomic E-state index is -1.08. The summed E-state index contributed by atoms with van der Waals surface area (Å²) in [5.41, 5.74) is 1.28. The molecule has 142 valence electrons. The predicted molar refractivity (Wildman–Crippen MR) is 103 cm³/mol. The molecule has 0 fully saturated rings. The van der Waals surface area contributed by atoms with Crippen molar-refractivity contribution in [2.24, 2.45) is 5.92 Å². The maximum Gasteiger partial charge on any atom is 0.318 e. The quantitative estimate of drug-likeness (QED) is 0.406. The Morgan fingerprint density at radius 3 is 2.22 bits per heavy atom. The van der Waals surface area contributed by atoms with Crippen molar-refractivity contribution in [3.8, 4) is 0 Å². The van der Waals surface area contributed by atoms with Crippen molar-refractivity contribution in [3.05, 3.63) is 57.8 Å². The van der Waals surface area contributed by atoms with Crippen LogP contribution in [0.1, 0.15) is 22.8 Å². The number of ether oxygens (including phenoxy) is 1. The molecule has 0 radical (unpaired) electrons. The number of halogens is 3. The van der Waals surface area contributed by atoms with Crippen molar-refractivity contribution in [1.82, 2.24) is 4.98 Å². The zero-order valence-electron chi connectivity index (χ0n) is 14.2. The molecule has 0 aliphatic heterocycles. The van der Waals surface area contributed by atoms with Crippen LogP contribution in [0, 0.1) is 5.92 Å². The van der Waals surface area contributed by atoms with Crippen molar-refractivity contribution in [2.45, 2.75) is 13.3 Å². The lowest BCUT2D eigenvalue weighted by Gasteiger charge is -2.12. The summed E-state index contributed by atoms with van der Waals surface area (Å²) in [6.45, 7) is 1.80. The number of nitrogens with zero attached hydrogens (tertiary/aromatic N) is 1. The molecule has 9 heteroatoms. The second kappa shape index (κ2) is 9.69. The van der Waals surface area contributed by atoms with Gasteiger partial charge in [-0.15, -0.1) is 0 Å². The normalized spacial score (nSPS) is 11.6. The maximum atomic E-state index is 12.3. The lowest BCUT2D eigenvalue weighted by Crippen LogP contribution is -2.25. The summed E-state index contributed by atoms with van der Waals surface area (Å²) < 4.78 is 4.85. The predicted octanol–water partition coefficient (Wildman–Crippen LogP) is 4.13. The lowest BCUT2D eigenvalue weighted by molar-refractivity contribution is -0.149. The van der Waals surface area contributed by atoms with Gasteiger partial charge in [0.1, 0.15) is 5.92 Å². The molecule has 0 aliphatic carbocycles. The Labute approximate surface area is 170 Å². The summed E-state index contributed by atoms with van der Waals surface area (Å²) in [4.78, 5) is 39.4. The fraction of sp³-hybridized carbons (Fsp3) is 0.222. The molecule has 1 atom stereocenters. The van der Waals surface area contributed by atoms with Gasteiger partial charge in [-0.3, -0.25) is 19.4 Å². The number of rotatable bonds is 7. The number of hydrogen-bond acceptors (Lipinski definition) is 5. The number of anilines is 1. The van der Waals surface area contributed by atoms with Crippen molar-refractivity contribution in [1.29, 1.82) is 0 Å². The van der Waals surface area contributed by atoms with Crippen LogP contribution >= 0.6 is 34.8 Å². The van der Waals surface area contributed by atoms with Crippen molar-refractivity contribution in [3.63, 3.8) is 0 Å². The SMILES string of the molecule is CCOC(=O)C(Cc1ccc(NC(=O)c2c(Cl)cncc2Cl)cc1)C(=O)Cl. The summed E-state index contributed by atoms with van der Waals surface area (Å²) in [5.74, 6) is -2.24. The standard InChI is InChI=1S/C18H15Cl3N2O4/c1-2-27-18(26)12(16(21)24)7-10-3-5-11(6-4-10)23-17(25)15-13(19)8-22-9-14(15)20/h3-6,8-9,12H,2,7H2,1H3,(H,23,25). The third-order valence-corrected chi connectivity index (χ3v) is 4.41. The molecule has 27 heavy (non-hydrogen) atoms. The molecule has 1 unspecified atom stereocenters. The number of aromatic nitrogens is 1. The molecule has 0 bridgehead atoms. The van der Waals surface area contributed by atoms with Crippen LogP contribution in [0.25, 0.3) is 0 Å². The Morgan fingerprint density at radius 2 is 1.70 bits per heavy atom. The molecule has 1 aromatic heterocycles. The second-order valence-corrected chi connectivity index (χ2v) is 6.63. The van der Waals surface area contributed by atoms with Crippen LogP contribution in [-0.4, -0.2) is 28.7 Å². The van der Waals surface area contributed by atoms with E-state index in [0.29, 0.717) is 11.3 Å². The molecule has 0 saturated carbocycles. The van der Waals surface area contributed by atoms with Gasteiger partial charge in [-0.2, -0.15) is 0 Å². The fourth-order valence-corrected chi connectivity index (χ4v) is 2.98. The van der Waals surface area contributed by atoms with Crippen LogP contribution in [0.2, 0.25) is 10.0 Å². The van der Waals surface area contributed by atoms with Gasteiger partial charge in [0.15, 0.2) is 0 Å². The number of carbonyl (C=O) groups excluding carboxylic acids is 3. The van der Waals surface area contributed by atoms with E-state index < -0.39 is 23.0 Å². The smallest absolute Gasteiger partial charge is 0.318 e. The van der Waals surface area contributed by atoms with Gasteiger partial charge in [0, 0.05) is 18.1 Å². The topological polar surface area (TPSA) is 85.4 Å². The van der Waals surface area contributed by atoms with Gasteiger partial charge in [0.25, 0.3) is 5.91 Å². The molecule has 1 heterocycles. The van der Waals surface area contributed by atoms with Crippen LogP contribution in [0.5, 0.6) is 0 Å². The summed E-state index contributed by atoms with van der Waals surface area (Å²) in [6.07, 6.45) is 2.74. The zero-order valence-corrected chi connectivity index (χ0v) is 16.4. The highest BCUT2D eigenvalue weighted by Crippen LogP contribution is 2.24. The first-order chi connectivity index (χ1) is 12.8. The number of nitrogens with one attached hydrogen (secondary N) is 1. The van der Waals surface area contributed by atoms with E-state index in [-0.39, 0.29) is 28.6 Å². The average Bonchev–Trinajstić information content (AvgIpc) is 2.60. The summed E-state index contributed by atoms with van der Waals surface area (Å²) in [5, 5.41) is 2.15. The molecule has 6 nitrogen and oxygen atoms in total. The van der Waals surface area contributed by atoms with E-state index in [4.69, 9.17) is 39.5 Å². The first-order valence-electron chi connectivity index (χ1n) is 7.88. The summed E-state index contributed by atoms with van der Waals surface area (Å²) in [7, 11) is 0. The number of carbonyl (C=O) groups is 3. The van der Waals surface area contributed by atoms with Gasteiger partial charge in [-0.1, -0.05) is 35.3 Å². The van der Waals surface area contributed by atoms with Gasteiger partial charge in [0.05, 0.1) is 22.2 Å². The monoisotopic (exact) mass is 428 g/mol. The molecule has 2 aromatic rings. The van der Waals surface area contributed by atoms with E-state index in [2.05, 4.69) is 10.3 Å². The first kappa shape index (κ1) is 21.2. The van der Waals surface area contributed by atoms with E-state index in [0.717, 1.165) is 0 Å². The van der Waals surface area contributed by atoms with Crippen LogP contribution in [0.15, 0.2) is 36.7 Å². The van der Waals surface area contributed by atoms with Crippen LogP contribution < -0.4 is 5.32 Å². The molecular formula is C18H15Cl3N2O4. The molecule has 2 rings (SSSR count). The third kappa shape index (κ3) is 5.66. The Hall–Kier alpha value is -2.15. The van der Waals surface area contributed by atoms with Gasteiger partial charge >= 0.3 is 5.97 Å². The Kier molecular flexibility index (Phi) is 7.59. The second-order valence-electron chi connectivity index (χ2n) is 5.44. The molecule has 1 N–H and O–H groups in total. The molecule has 0 spiro atoms. The lowest BCUT2D eigenvalue weighted by atomic mass is 10.0. The van der Waals surface area contributed by atoms with Crippen molar-refractivity contribution in [2.75, 3.05) is 11.9 Å². The fourth-order valence-electron chi connectivity index (χ4n) is 2.28. The van der Waals surface area contributed by atoms with E-state index >= 15 is 0 Å². The van der Waals surface area contributed by atoms with Crippen LogP contribution in [-0.2, 0) is 20.7 Å². The number of hydrogen-bond donors (Lipinski definition) is 1. The van der Waals surface area contributed by atoms with E-state index in [1.807, 2.05) is 0 Å². The molecule has 1 aromatic carbocycles. The number of benzene rings is 1. The van der Waals surface area contributed by atoms with Crippen LogP contribution in [0.3, 0.4) is 0 Å². The minimum absolute atomic E-state index is 0.0946. The average molecular weight is 430 g/mol. The number of pyridine rings is 1. The molecule has 0 aliphatic rings. The Morgan fingerprint density at radius 1 is 1.11 bits per heavy atom. The Bertz CT molecular complexity index is 836. The van der Waals surface area contributed by atoms with Gasteiger partial charge in [0.2, 0.25) is 5.24 Å². The molecular weight excluding hydrogens is 415 g/mol. The number of amides is 1. The first-order valence-corrected chi connectivity index (χ1v) is 9.02. The largest absolute Gasteiger partial charge is 0.465 e. The molecule has 1 amide bonds. The summed E-state index contributed by atoms with van der Waals surface area (Å²) in [6, 6.07) is 6.57. The van der Waals surface area contributed by atoms with Crippen molar-refractivity contribution >= 4 is 57.6 Å². The van der Waals surface area contributed by atoms with Crippen LogP contribution in [0.4, 0.5) is 5.69 Å². The van der Waals surface area contributed by atoms with Gasteiger partial charge in [-0.05, 0) is 42.6 Å². The Balaban J connectivity index is 2.09. The van der Waals surface area contributed by atoms with E-state index in [1.54, 1.807) is 31.2 Å². The third-order valence-electron chi connectivity index (χ3n) is 3.58. The van der Waals surface area contributed by atoms with Crippen molar-refractivity contribution < 1.29 is 19.1 Å². The minimum Gasteiger partial charge on any atom is -0.465 e. The highest BCUT2D eigenvalue weighted by Gasteiger charge is 2.26. The van der Waals surface area contributed by atoms with E-state index in [9.17, 15) is 14.4 Å². The van der Waals surface area contributed by atoms with E-state index in [1.165, 1.54) is 12.4 Å². The number of esters is 1. The zero-order chi connectivity index (χ0) is 20.0. The highest BCUT2D eigenvalue weighted by molar-refractivity contribution is 6.65. The maximum absolute atomic E-state index is 12.3. The highest BCUT2D eigenvalue weighted by atomic mass is 35.5. The van der Waals surface area contributed by atoms with Gasteiger partial charge < -0.3 is 10.1 Å². The summed E-state index contributed by atoms with van der Waals surface area (Å²) >= 11 is 17.4.